The number of carbonyl (C=O) groups excluding carboxylic acids is 1. The van der Waals surface area contributed by atoms with Gasteiger partial charge in [-0.1, -0.05) is 30.7 Å². The van der Waals surface area contributed by atoms with Crippen LogP contribution in [0.4, 0.5) is 5.69 Å². The molecule has 0 aromatic heterocycles. The normalized spacial score (nSPS) is 20.7. The van der Waals surface area contributed by atoms with Crippen LogP contribution in [0.15, 0.2) is 29.4 Å². The highest BCUT2D eigenvalue weighted by molar-refractivity contribution is 6.33. The lowest BCUT2D eigenvalue weighted by molar-refractivity contribution is -0.119. The van der Waals surface area contributed by atoms with Gasteiger partial charge in [0.1, 0.15) is 0 Å². The van der Waals surface area contributed by atoms with E-state index in [9.17, 15) is 4.79 Å². The van der Waals surface area contributed by atoms with Crippen molar-refractivity contribution in [3.05, 3.63) is 29.3 Å². The quantitative estimate of drug-likeness (QED) is 0.836. The van der Waals surface area contributed by atoms with Gasteiger partial charge in [0.2, 0.25) is 0 Å². The number of hydrogen-bond acceptors (Lipinski definition) is 3. The number of hydrogen-bond donors (Lipinski definition) is 2. The molecule has 0 aliphatic heterocycles. The van der Waals surface area contributed by atoms with Crippen LogP contribution in [0.3, 0.4) is 0 Å². The Morgan fingerprint density at radius 3 is 3.00 bits per heavy atom. The lowest BCUT2D eigenvalue weighted by Gasteiger charge is -2.19. The van der Waals surface area contributed by atoms with Gasteiger partial charge < -0.3 is 5.32 Å². The molecule has 1 atom stereocenters. The largest absolute Gasteiger partial charge is 0.375 e. The number of amides is 1. The zero-order chi connectivity index (χ0) is 14.4. The maximum Gasteiger partial charge on any atom is 0.259 e. The highest BCUT2D eigenvalue weighted by atomic mass is 35.5. The van der Waals surface area contributed by atoms with Crippen molar-refractivity contribution in [2.24, 2.45) is 11.0 Å². The van der Waals surface area contributed by atoms with E-state index < -0.39 is 0 Å². The van der Waals surface area contributed by atoms with Gasteiger partial charge in [-0.3, -0.25) is 4.79 Å². The first kappa shape index (κ1) is 14.9. The van der Waals surface area contributed by atoms with Crippen LogP contribution in [0.2, 0.25) is 5.02 Å². The summed E-state index contributed by atoms with van der Waals surface area (Å²) in [5.74, 6) is 0.510. The molecule has 1 amide bonds. The standard InChI is InChI=1S/C15H20ClN3O/c1-11-5-4-6-12(9-11)18-19-15(20)10-17-14-8-3-2-7-13(14)16/h2-3,7-8,11,17H,4-6,9-10H2,1H3,(H,19,20). The van der Waals surface area contributed by atoms with Crippen LogP contribution < -0.4 is 10.7 Å². The maximum atomic E-state index is 11.7. The molecule has 1 aromatic rings. The van der Waals surface area contributed by atoms with Crippen LogP contribution in [0, 0.1) is 5.92 Å². The topological polar surface area (TPSA) is 53.5 Å². The molecule has 1 saturated carbocycles. The Morgan fingerprint density at radius 2 is 2.25 bits per heavy atom. The first-order chi connectivity index (χ1) is 9.65. The molecule has 0 radical (unpaired) electrons. The summed E-state index contributed by atoms with van der Waals surface area (Å²) in [6.45, 7) is 2.38. The number of nitrogens with one attached hydrogen (secondary N) is 2. The molecule has 2 rings (SSSR count). The van der Waals surface area contributed by atoms with E-state index >= 15 is 0 Å². The summed E-state index contributed by atoms with van der Waals surface area (Å²) in [7, 11) is 0. The van der Waals surface area contributed by atoms with E-state index in [0.717, 1.165) is 30.7 Å². The summed E-state index contributed by atoms with van der Waals surface area (Å²) in [4.78, 5) is 11.7. The summed E-state index contributed by atoms with van der Waals surface area (Å²) < 4.78 is 0. The van der Waals surface area contributed by atoms with Crippen molar-refractivity contribution in [1.29, 1.82) is 0 Å². The average molecular weight is 294 g/mol. The van der Waals surface area contributed by atoms with E-state index in [1.54, 1.807) is 6.07 Å². The predicted molar refractivity (Wildman–Crippen MR) is 83.2 cm³/mol. The number of hydrazone groups is 1. The second-order valence-electron chi connectivity index (χ2n) is 5.25. The van der Waals surface area contributed by atoms with Gasteiger partial charge in [-0.05, 0) is 43.7 Å². The number of para-hydroxylation sites is 1. The molecule has 0 heterocycles. The number of halogens is 1. The Labute approximate surface area is 124 Å². The summed E-state index contributed by atoms with van der Waals surface area (Å²) >= 11 is 6.00. The third kappa shape index (κ3) is 4.53. The average Bonchev–Trinajstić information content (AvgIpc) is 2.44. The Hall–Kier alpha value is -1.55. The molecule has 1 aromatic carbocycles. The fraction of sp³-hybridized carbons (Fsp3) is 0.467. The fourth-order valence-electron chi connectivity index (χ4n) is 2.32. The number of anilines is 1. The van der Waals surface area contributed by atoms with Crippen LogP contribution >= 0.6 is 11.6 Å². The maximum absolute atomic E-state index is 11.7. The van der Waals surface area contributed by atoms with Crippen LogP contribution in [0.1, 0.15) is 32.6 Å². The van der Waals surface area contributed by atoms with Gasteiger partial charge in [-0.25, -0.2) is 5.43 Å². The van der Waals surface area contributed by atoms with Crippen molar-refractivity contribution in [3.8, 4) is 0 Å². The molecule has 0 bridgehead atoms. The smallest absolute Gasteiger partial charge is 0.259 e. The van der Waals surface area contributed by atoms with E-state index in [0.29, 0.717) is 10.9 Å². The zero-order valence-electron chi connectivity index (χ0n) is 11.7. The van der Waals surface area contributed by atoms with Crippen molar-refractivity contribution in [2.45, 2.75) is 32.6 Å². The molecule has 1 aliphatic carbocycles. The van der Waals surface area contributed by atoms with E-state index in [1.807, 2.05) is 18.2 Å². The zero-order valence-corrected chi connectivity index (χ0v) is 12.4. The molecule has 1 unspecified atom stereocenters. The third-order valence-electron chi connectivity index (χ3n) is 3.40. The molecule has 2 N–H and O–H groups in total. The van der Waals surface area contributed by atoms with E-state index in [1.165, 1.54) is 6.42 Å². The minimum Gasteiger partial charge on any atom is -0.375 e. The first-order valence-corrected chi connectivity index (χ1v) is 7.35. The Bertz CT molecular complexity index is 502. The second-order valence-corrected chi connectivity index (χ2v) is 5.66. The van der Waals surface area contributed by atoms with Gasteiger partial charge in [-0.2, -0.15) is 5.10 Å². The van der Waals surface area contributed by atoms with Crippen LogP contribution in [-0.2, 0) is 4.79 Å². The Morgan fingerprint density at radius 1 is 1.45 bits per heavy atom. The van der Waals surface area contributed by atoms with E-state index in [2.05, 4.69) is 22.8 Å². The molecule has 5 heteroatoms. The SMILES string of the molecule is CC1CCCC(=NNC(=O)CNc2ccccc2Cl)C1. The molecule has 0 saturated heterocycles. The van der Waals surface area contributed by atoms with E-state index in [4.69, 9.17) is 11.6 Å². The molecular weight excluding hydrogens is 274 g/mol. The number of carbonyl (C=O) groups is 1. The number of benzene rings is 1. The summed E-state index contributed by atoms with van der Waals surface area (Å²) in [6.07, 6.45) is 4.38. The minimum absolute atomic E-state index is 0.157. The summed E-state index contributed by atoms with van der Waals surface area (Å²) in [6, 6.07) is 7.34. The van der Waals surface area contributed by atoms with Crippen molar-refractivity contribution in [2.75, 3.05) is 11.9 Å². The minimum atomic E-state index is -0.157. The molecule has 1 fully saturated rings. The van der Waals surface area contributed by atoms with Crippen molar-refractivity contribution >= 4 is 28.9 Å². The molecular formula is C15H20ClN3O. The lowest BCUT2D eigenvalue weighted by atomic mass is 9.89. The molecule has 1 aliphatic rings. The van der Waals surface area contributed by atoms with Gasteiger partial charge in [0.25, 0.3) is 5.91 Å². The summed E-state index contributed by atoms with van der Waals surface area (Å²) in [5, 5.41) is 7.81. The lowest BCUT2D eigenvalue weighted by Crippen LogP contribution is -2.28. The van der Waals surface area contributed by atoms with Crippen LogP contribution in [0.25, 0.3) is 0 Å². The summed E-state index contributed by atoms with van der Waals surface area (Å²) in [5.41, 5.74) is 4.45. The first-order valence-electron chi connectivity index (χ1n) is 6.98. The van der Waals surface area contributed by atoms with Gasteiger partial charge >= 0.3 is 0 Å². The Balaban J connectivity index is 1.78. The van der Waals surface area contributed by atoms with Gasteiger partial charge in [0.05, 0.1) is 17.3 Å². The van der Waals surface area contributed by atoms with Crippen molar-refractivity contribution in [3.63, 3.8) is 0 Å². The third-order valence-corrected chi connectivity index (χ3v) is 3.73. The number of nitrogens with zero attached hydrogens (tertiary/aromatic N) is 1. The second kappa shape index (κ2) is 7.29. The highest BCUT2D eigenvalue weighted by Gasteiger charge is 2.14. The predicted octanol–water partition coefficient (Wildman–Crippen LogP) is 3.43. The van der Waals surface area contributed by atoms with Crippen LogP contribution in [-0.4, -0.2) is 18.2 Å². The Kier molecular flexibility index (Phi) is 5.41. The monoisotopic (exact) mass is 293 g/mol. The van der Waals surface area contributed by atoms with Crippen molar-refractivity contribution in [1.82, 2.24) is 5.43 Å². The van der Waals surface area contributed by atoms with Gasteiger partial charge in [0, 0.05) is 5.71 Å². The molecule has 0 spiro atoms. The highest BCUT2D eigenvalue weighted by Crippen LogP contribution is 2.21. The van der Waals surface area contributed by atoms with Gasteiger partial charge in [0.15, 0.2) is 0 Å². The van der Waals surface area contributed by atoms with Crippen molar-refractivity contribution < 1.29 is 4.79 Å². The molecule has 108 valence electrons. The van der Waals surface area contributed by atoms with Gasteiger partial charge in [-0.15, -0.1) is 0 Å². The molecule has 4 nitrogen and oxygen atoms in total. The fourth-order valence-corrected chi connectivity index (χ4v) is 2.53. The number of rotatable bonds is 4. The van der Waals surface area contributed by atoms with Crippen LogP contribution in [0.5, 0.6) is 0 Å². The van der Waals surface area contributed by atoms with E-state index in [-0.39, 0.29) is 12.5 Å². The molecule has 20 heavy (non-hydrogen) atoms.